The van der Waals surface area contributed by atoms with Crippen LogP contribution in [-0.2, 0) is 14.3 Å². The average Bonchev–Trinajstić information content (AvgIpc) is 2.65. The van der Waals surface area contributed by atoms with Gasteiger partial charge in [0.1, 0.15) is 5.75 Å². The van der Waals surface area contributed by atoms with Gasteiger partial charge in [-0.3, -0.25) is 14.4 Å². The molecule has 0 radical (unpaired) electrons. The fourth-order valence-corrected chi connectivity index (χ4v) is 3.13. The van der Waals surface area contributed by atoms with E-state index in [0.717, 1.165) is 11.3 Å². The molecule has 0 aromatic heterocycles. The van der Waals surface area contributed by atoms with Gasteiger partial charge in [-0.25, -0.2) is 0 Å². The van der Waals surface area contributed by atoms with Crippen molar-refractivity contribution in [3.8, 4) is 5.75 Å². The first-order valence-corrected chi connectivity index (χ1v) is 8.49. The predicted octanol–water partition coefficient (Wildman–Crippen LogP) is 2.38. The van der Waals surface area contributed by atoms with Crippen molar-refractivity contribution in [1.29, 1.82) is 0 Å². The maximum atomic E-state index is 12.7. The number of carbonyl (C=O) groups excluding carboxylic acids is 3. The number of nitrogens with zero attached hydrogens (tertiary/aromatic N) is 1. The Morgan fingerprint density at radius 2 is 1.80 bits per heavy atom. The van der Waals surface area contributed by atoms with Crippen LogP contribution < -0.4 is 4.74 Å². The summed E-state index contributed by atoms with van der Waals surface area (Å²) in [6.45, 7) is 3.01. The summed E-state index contributed by atoms with van der Waals surface area (Å²) in [5.74, 6) is 0.373. The second-order valence-corrected chi connectivity index (χ2v) is 6.28. The number of aryl methyl sites for hydroxylation is 1. The van der Waals surface area contributed by atoms with Gasteiger partial charge in [0.2, 0.25) is 5.91 Å². The van der Waals surface area contributed by atoms with Crippen molar-refractivity contribution < 1.29 is 23.9 Å². The lowest BCUT2D eigenvalue weighted by molar-refractivity contribution is -0.143. The third-order valence-electron chi connectivity index (χ3n) is 4.67. The molecule has 1 aromatic carbocycles. The molecule has 0 saturated carbocycles. The van der Waals surface area contributed by atoms with Crippen LogP contribution >= 0.6 is 0 Å². The SMILES string of the molecule is COC(=O)CCC(=O)N1CCC(C(=O)c2ccc(OC)c(C)c2)CC1. The summed E-state index contributed by atoms with van der Waals surface area (Å²) in [7, 11) is 2.92. The Morgan fingerprint density at radius 3 is 2.36 bits per heavy atom. The molecular formula is C19H25NO5. The number of hydrogen-bond acceptors (Lipinski definition) is 5. The quantitative estimate of drug-likeness (QED) is 0.583. The zero-order valence-corrected chi connectivity index (χ0v) is 15.0. The number of methoxy groups -OCH3 is 2. The van der Waals surface area contributed by atoms with E-state index in [1.54, 1.807) is 18.1 Å². The second kappa shape index (κ2) is 8.65. The van der Waals surface area contributed by atoms with E-state index in [-0.39, 0.29) is 36.4 Å². The molecule has 1 heterocycles. The third kappa shape index (κ3) is 4.81. The van der Waals surface area contributed by atoms with Gasteiger partial charge in [-0.2, -0.15) is 0 Å². The standard InChI is InChI=1S/C19H25NO5/c1-13-12-15(4-5-16(13)24-2)19(23)14-8-10-20(11-9-14)17(21)6-7-18(22)25-3/h4-5,12,14H,6-11H2,1-3H3. The van der Waals surface area contributed by atoms with Gasteiger partial charge in [-0.05, 0) is 43.5 Å². The van der Waals surface area contributed by atoms with Gasteiger partial charge in [0, 0.05) is 31.0 Å². The lowest BCUT2D eigenvalue weighted by Gasteiger charge is -2.31. The number of amides is 1. The molecule has 0 atom stereocenters. The highest BCUT2D eigenvalue weighted by Gasteiger charge is 2.28. The first-order valence-electron chi connectivity index (χ1n) is 8.49. The summed E-state index contributed by atoms with van der Waals surface area (Å²) in [4.78, 5) is 37.6. The minimum atomic E-state index is -0.381. The average molecular weight is 347 g/mol. The Balaban J connectivity index is 1.89. The van der Waals surface area contributed by atoms with Crippen LogP contribution in [0.1, 0.15) is 41.6 Å². The van der Waals surface area contributed by atoms with Crippen LogP contribution in [0.3, 0.4) is 0 Å². The van der Waals surface area contributed by atoms with Gasteiger partial charge in [0.15, 0.2) is 5.78 Å². The number of Topliss-reactive ketones (excluding diaryl/α,β-unsaturated/α-hetero) is 1. The largest absolute Gasteiger partial charge is 0.496 e. The normalized spacial score (nSPS) is 14.9. The van der Waals surface area contributed by atoms with Crippen molar-refractivity contribution in [1.82, 2.24) is 4.90 Å². The number of carbonyl (C=O) groups is 3. The first kappa shape index (κ1) is 19.0. The van der Waals surface area contributed by atoms with Crippen LogP contribution in [0, 0.1) is 12.8 Å². The molecule has 0 N–H and O–H groups in total. The molecular weight excluding hydrogens is 322 g/mol. The van der Waals surface area contributed by atoms with Crippen LogP contribution in [0.15, 0.2) is 18.2 Å². The molecule has 1 saturated heterocycles. The van der Waals surface area contributed by atoms with Gasteiger partial charge in [0.05, 0.1) is 20.6 Å². The van der Waals surface area contributed by atoms with Crippen molar-refractivity contribution in [2.24, 2.45) is 5.92 Å². The lowest BCUT2D eigenvalue weighted by atomic mass is 9.88. The zero-order chi connectivity index (χ0) is 18.4. The molecule has 1 aromatic rings. The molecule has 0 unspecified atom stereocenters. The summed E-state index contributed by atoms with van der Waals surface area (Å²) in [6.07, 6.45) is 1.55. The van der Waals surface area contributed by atoms with E-state index in [4.69, 9.17) is 4.74 Å². The molecule has 6 nitrogen and oxygen atoms in total. The molecule has 1 fully saturated rings. The number of likely N-dealkylation sites (tertiary alicyclic amines) is 1. The highest BCUT2D eigenvalue weighted by Crippen LogP contribution is 2.25. The van der Waals surface area contributed by atoms with Crippen LogP contribution in [-0.4, -0.2) is 49.9 Å². The number of piperidine rings is 1. The van der Waals surface area contributed by atoms with Crippen molar-refractivity contribution in [2.75, 3.05) is 27.3 Å². The van der Waals surface area contributed by atoms with E-state index in [2.05, 4.69) is 4.74 Å². The Hall–Kier alpha value is -2.37. The third-order valence-corrected chi connectivity index (χ3v) is 4.67. The second-order valence-electron chi connectivity index (χ2n) is 6.28. The molecule has 1 amide bonds. The van der Waals surface area contributed by atoms with Crippen LogP contribution in [0.2, 0.25) is 0 Å². The Morgan fingerprint density at radius 1 is 1.12 bits per heavy atom. The summed E-state index contributed by atoms with van der Waals surface area (Å²) in [5, 5.41) is 0. The molecule has 136 valence electrons. The Bertz CT molecular complexity index is 647. The van der Waals surface area contributed by atoms with E-state index >= 15 is 0 Å². The van der Waals surface area contributed by atoms with Crippen molar-refractivity contribution >= 4 is 17.7 Å². The highest BCUT2D eigenvalue weighted by atomic mass is 16.5. The number of ketones is 1. The smallest absolute Gasteiger partial charge is 0.306 e. The number of rotatable bonds is 6. The molecule has 0 aliphatic carbocycles. The topological polar surface area (TPSA) is 72.9 Å². The van der Waals surface area contributed by atoms with Gasteiger partial charge >= 0.3 is 5.97 Å². The summed E-state index contributed by atoms with van der Waals surface area (Å²) >= 11 is 0. The molecule has 1 aliphatic rings. The van der Waals surface area contributed by atoms with Crippen molar-refractivity contribution in [3.05, 3.63) is 29.3 Å². The van der Waals surface area contributed by atoms with Crippen LogP contribution in [0.4, 0.5) is 0 Å². The lowest BCUT2D eigenvalue weighted by Crippen LogP contribution is -2.40. The number of esters is 1. The van der Waals surface area contributed by atoms with E-state index < -0.39 is 0 Å². The summed E-state index contributed by atoms with van der Waals surface area (Å²) in [6, 6.07) is 5.46. The minimum Gasteiger partial charge on any atom is -0.496 e. The molecule has 25 heavy (non-hydrogen) atoms. The van der Waals surface area contributed by atoms with Gasteiger partial charge in [-0.15, -0.1) is 0 Å². The number of benzene rings is 1. The van der Waals surface area contributed by atoms with Crippen LogP contribution in [0.5, 0.6) is 5.75 Å². The maximum absolute atomic E-state index is 12.7. The molecule has 6 heteroatoms. The Kier molecular flexibility index (Phi) is 6.56. The molecule has 0 spiro atoms. The first-order chi connectivity index (χ1) is 12.0. The number of hydrogen-bond donors (Lipinski definition) is 0. The van der Waals surface area contributed by atoms with E-state index in [1.165, 1.54) is 7.11 Å². The van der Waals surface area contributed by atoms with Crippen LogP contribution in [0.25, 0.3) is 0 Å². The fourth-order valence-electron chi connectivity index (χ4n) is 3.13. The summed E-state index contributed by atoms with van der Waals surface area (Å²) < 4.78 is 9.77. The Labute approximate surface area is 148 Å². The highest BCUT2D eigenvalue weighted by molar-refractivity contribution is 5.98. The molecule has 2 rings (SSSR count). The van der Waals surface area contributed by atoms with Gasteiger partial charge in [-0.1, -0.05) is 0 Å². The molecule has 0 bridgehead atoms. The van der Waals surface area contributed by atoms with Crippen molar-refractivity contribution in [2.45, 2.75) is 32.6 Å². The maximum Gasteiger partial charge on any atom is 0.306 e. The monoisotopic (exact) mass is 347 g/mol. The predicted molar refractivity (Wildman–Crippen MR) is 92.6 cm³/mol. The molecule has 1 aliphatic heterocycles. The summed E-state index contributed by atoms with van der Waals surface area (Å²) in [5.41, 5.74) is 1.62. The van der Waals surface area contributed by atoms with E-state index in [9.17, 15) is 14.4 Å². The van der Waals surface area contributed by atoms with E-state index in [1.807, 2.05) is 19.1 Å². The van der Waals surface area contributed by atoms with Gasteiger partial charge in [0.25, 0.3) is 0 Å². The fraction of sp³-hybridized carbons (Fsp3) is 0.526. The zero-order valence-electron chi connectivity index (χ0n) is 15.0. The number of ether oxygens (including phenoxy) is 2. The van der Waals surface area contributed by atoms with Gasteiger partial charge < -0.3 is 14.4 Å². The van der Waals surface area contributed by atoms with Crippen molar-refractivity contribution in [3.63, 3.8) is 0 Å². The minimum absolute atomic E-state index is 0.0587. The van der Waals surface area contributed by atoms with E-state index in [0.29, 0.717) is 31.5 Å².